The Bertz CT molecular complexity index is 280. The third kappa shape index (κ3) is 6.75. The van der Waals surface area contributed by atoms with Gasteiger partial charge in [-0.3, -0.25) is 0 Å². The molecule has 0 N–H and O–H groups in total. The molecule has 0 aliphatic carbocycles. The van der Waals surface area contributed by atoms with Crippen LogP contribution in [-0.4, -0.2) is 22.6 Å². The van der Waals surface area contributed by atoms with Crippen LogP contribution in [0.2, 0.25) is 0 Å². The summed E-state index contributed by atoms with van der Waals surface area (Å²) in [5.41, 5.74) is 1.19. The molecule has 0 aliphatic rings. The lowest BCUT2D eigenvalue weighted by Gasteiger charge is -2.08. The number of hydrogen-bond donors (Lipinski definition) is 0. The zero-order valence-corrected chi connectivity index (χ0v) is 12.4. The Morgan fingerprint density at radius 3 is 1.62 bits per heavy atom. The van der Waals surface area contributed by atoms with Gasteiger partial charge in [0, 0.05) is 0 Å². The second kappa shape index (κ2) is 10.8. The monoisotopic (exact) mass is 243 g/mol. The highest BCUT2D eigenvalue weighted by molar-refractivity contribution is 7.82. The molecular weight excluding hydrogens is 218 g/mol. The van der Waals surface area contributed by atoms with Gasteiger partial charge in [0.25, 0.3) is 0 Å². The summed E-state index contributed by atoms with van der Waals surface area (Å²) in [7, 11) is 2.59. The summed E-state index contributed by atoms with van der Waals surface area (Å²) >= 11 is 0. The van der Waals surface area contributed by atoms with Crippen molar-refractivity contribution in [2.75, 3.05) is 14.1 Å². The molecule has 2 nitrogen and oxygen atoms in total. The number of hydrogen-bond acceptors (Lipinski definition) is 1. The van der Waals surface area contributed by atoms with Crippen LogP contribution >= 0.6 is 0 Å². The van der Waals surface area contributed by atoms with Crippen molar-refractivity contribution in [1.82, 2.24) is 4.31 Å². The van der Waals surface area contributed by atoms with E-state index in [-0.39, 0.29) is 0 Å². The van der Waals surface area contributed by atoms with Crippen LogP contribution in [0.5, 0.6) is 0 Å². The summed E-state index contributed by atoms with van der Waals surface area (Å²) in [4.78, 5) is 0.852. The first-order valence-electron chi connectivity index (χ1n) is 5.77. The molecule has 0 heterocycles. The molecule has 0 aliphatic heterocycles. The first-order chi connectivity index (χ1) is 7.61. The Balaban J connectivity index is 0. The third-order valence-electron chi connectivity index (χ3n) is 1.55. The van der Waals surface area contributed by atoms with Crippen LogP contribution in [0.25, 0.3) is 0 Å². The quantitative estimate of drug-likeness (QED) is 0.776. The summed E-state index contributed by atoms with van der Waals surface area (Å²) in [6.45, 7) is 10.0. The van der Waals surface area contributed by atoms with E-state index in [4.69, 9.17) is 0 Å². The van der Waals surface area contributed by atoms with E-state index in [1.54, 1.807) is 18.4 Å². The largest absolute Gasteiger partial charge is 0.237 e. The SMILES string of the molecule is CC.CC.Cc1ccc(S(=O)N(C)C)cc1. The van der Waals surface area contributed by atoms with Gasteiger partial charge in [0.1, 0.15) is 11.0 Å². The minimum Gasteiger partial charge on any atom is -0.237 e. The summed E-state index contributed by atoms with van der Waals surface area (Å²) in [6.07, 6.45) is 0. The van der Waals surface area contributed by atoms with E-state index in [9.17, 15) is 4.21 Å². The average molecular weight is 243 g/mol. The van der Waals surface area contributed by atoms with Crippen LogP contribution in [-0.2, 0) is 11.0 Å². The molecule has 1 aromatic rings. The van der Waals surface area contributed by atoms with Gasteiger partial charge in [-0.05, 0) is 33.2 Å². The standard InChI is InChI=1S/C9H13NOS.2C2H6/c1-8-4-6-9(7-5-8)12(11)10(2)3;2*1-2/h4-7H,1-3H3;2*1-2H3. The highest BCUT2D eigenvalue weighted by Gasteiger charge is 2.04. The normalized spacial score (nSPS) is 10.8. The molecule has 1 aromatic carbocycles. The van der Waals surface area contributed by atoms with Gasteiger partial charge in [0.15, 0.2) is 0 Å². The number of aryl methyl sites for hydroxylation is 1. The minimum atomic E-state index is -1.01. The van der Waals surface area contributed by atoms with Crippen LogP contribution in [0, 0.1) is 6.92 Å². The van der Waals surface area contributed by atoms with E-state index >= 15 is 0 Å². The average Bonchev–Trinajstić information content (AvgIpc) is 2.34. The van der Waals surface area contributed by atoms with E-state index in [0.717, 1.165) is 4.90 Å². The summed E-state index contributed by atoms with van der Waals surface area (Å²) in [5.74, 6) is 0. The topological polar surface area (TPSA) is 20.3 Å². The molecule has 3 heteroatoms. The molecule has 0 saturated heterocycles. The fourth-order valence-corrected chi connectivity index (χ4v) is 1.66. The van der Waals surface area contributed by atoms with E-state index in [2.05, 4.69) is 0 Å². The lowest BCUT2D eigenvalue weighted by molar-refractivity contribution is 0.603. The highest BCUT2D eigenvalue weighted by atomic mass is 32.2. The fraction of sp³-hybridized carbons (Fsp3) is 0.538. The third-order valence-corrected chi connectivity index (χ3v) is 2.89. The second-order valence-corrected chi connectivity index (χ2v) is 4.57. The summed E-state index contributed by atoms with van der Waals surface area (Å²) in [6, 6.07) is 7.73. The number of rotatable bonds is 2. The van der Waals surface area contributed by atoms with Crippen molar-refractivity contribution in [3.8, 4) is 0 Å². The van der Waals surface area contributed by atoms with Gasteiger partial charge in [-0.1, -0.05) is 45.4 Å². The minimum absolute atomic E-state index is 0.852. The van der Waals surface area contributed by atoms with Gasteiger partial charge in [-0.2, -0.15) is 0 Å². The van der Waals surface area contributed by atoms with Crippen molar-refractivity contribution < 1.29 is 4.21 Å². The number of nitrogens with zero attached hydrogens (tertiary/aromatic N) is 1. The van der Waals surface area contributed by atoms with Gasteiger partial charge in [-0.15, -0.1) is 0 Å². The van der Waals surface area contributed by atoms with Gasteiger partial charge in [0.2, 0.25) is 0 Å². The molecular formula is C13H25NOS. The van der Waals surface area contributed by atoms with E-state index < -0.39 is 11.0 Å². The molecule has 1 atom stereocenters. The molecule has 0 radical (unpaired) electrons. The van der Waals surface area contributed by atoms with Crippen LogP contribution < -0.4 is 0 Å². The molecule has 0 amide bonds. The highest BCUT2D eigenvalue weighted by Crippen LogP contribution is 2.09. The first-order valence-corrected chi connectivity index (χ1v) is 6.88. The van der Waals surface area contributed by atoms with Crippen molar-refractivity contribution in [1.29, 1.82) is 0 Å². The predicted octanol–water partition coefficient (Wildman–Crippen LogP) is 3.63. The van der Waals surface area contributed by atoms with Crippen molar-refractivity contribution >= 4 is 11.0 Å². The van der Waals surface area contributed by atoms with E-state index in [1.807, 2.05) is 58.9 Å². The van der Waals surface area contributed by atoms with E-state index in [1.165, 1.54) is 5.56 Å². The Labute approximate surface area is 103 Å². The van der Waals surface area contributed by atoms with Crippen molar-refractivity contribution in [3.05, 3.63) is 29.8 Å². The van der Waals surface area contributed by atoms with Gasteiger partial charge in [-0.25, -0.2) is 8.51 Å². The zero-order chi connectivity index (χ0) is 13.1. The smallest absolute Gasteiger partial charge is 0.127 e. The Kier molecular flexibility index (Phi) is 12.0. The molecule has 0 bridgehead atoms. The first kappa shape index (κ1) is 17.7. The molecule has 0 fully saturated rings. The second-order valence-electron chi connectivity index (χ2n) is 2.87. The van der Waals surface area contributed by atoms with Crippen molar-refractivity contribution in [3.63, 3.8) is 0 Å². The van der Waals surface area contributed by atoms with E-state index in [0.29, 0.717) is 0 Å². The molecule has 16 heavy (non-hydrogen) atoms. The Morgan fingerprint density at radius 1 is 0.938 bits per heavy atom. The lowest BCUT2D eigenvalue weighted by atomic mass is 10.2. The van der Waals surface area contributed by atoms with Gasteiger partial charge >= 0.3 is 0 Å². The Hall–Kier alpha value is -0.670. The molecule has 0 spiro atoms. The van der Waals surface area contributed by atoms with Crippen molar-refractivity contribution in [2.45, 2.75) is 39.5 Å². The van der Waals surface area contributed by atoms with Gasteiger partial charge < -0.3 is 0 Å². The Morgan fingerprint density at radius 2 is 1.31 bits per heavy atom. The molecule has 0 aromatic heterocycles. The molecule has 1 unspecified atom stereocenters. The zero-order valence-electron chi connectivity index (χ0n) is 11.6. The maximum absolute atomic E-state index is 11.5. The van der Waals surface area contributed by atoms with Crippen LogP contribution in [0.3, 0.4) is 0 Å². The maximum atomic E-state index is 11.5. The summed E-state index contributed by atoms with van der Waals surface area (Å²) in [5, 5.41) is 0. The predicted molar refractivity (Wildman–Crippen MR) is 74.0 cm³/mol. The maximum Gasteiger partial charge on any atom is 0.127 e. The molecule has 1 rings (SSSR count). The molecule has 0 saturated carbocycles. The van der Waals surface area contributed by atoms with Crippen LogP contribution in [0.4, 0.5) is 0 Å². The lowest BCUT2D eigenvalue weighted by Crippen LogP contribution is -2.15. The molecule has 94 valence electrons. The van der Waals surface area contributed by atoms with Crippen LogP contribution in [0.1, 0.15) is 33.3 Å². The summed E-state index contributed by atoms with van der Waals surface area (Å²) < 4.78 is 13.2. The van der Waals surface area contributed by atoms with Crippen molar-refractivity contribution in [2.24, 2.45) is 0 Å². The number of benzene rings is 1. The van der Waals surface area contributed by atoms with Gasteiger partial charge in [0.05, 0.1) is 4.90 Å². The fourth-order valence-electron chi connectivity index (χ4n) is 0.866. The van der Waals surface area contributed by atoms with Crippen LogP contribution in [0.15, 0.2) is 29.2 Å².